The number of rotatable bonds is 5. The number of thiophene rings is 1. The number of likely N-dealkylation sites (N-methyl/N-ethyl adjacent to an activating group) is 1. The molecule has 0 aliphatic carbocycles. The Morgan fingerprint density at radius 2 is 2.15 bits per heavy atom. The first kappa shape index (κ1) is 18.3. The van der Waals surface area contributed by atoms with E-state index in [-0.39, 0.29) is 12.5 Å². The molecule has 0 aliphatic heterocycles. The molecule has 0 saturated heterocycles. The van der Waals surface area contributed by atoms with Gasteiger partial charge in [0, 0.05) is 25.1 Å². The van der Waals surface area contributed by atoms with Crippen LogP contribution in [0.2, 0.25) is 0 Å². The first-order valence-corrected chi connectivity index (χ1v) is 9.13. The molecule has 2 heterocycles. The third-order valence-electron chi connectivity index (χ3n) is 3.53. The van der Waals surface area contributed by atoms with Crippen LogP contribution in [0.5, 0.6) is 0 Å². The summed E-state index contributed by atoms with van der Waals surface area (Å²) < 4.78 is 16.6. The SMILES string of the molecule is CN(CC(=O)Nc1ccc(-n2ccnc2)c(F)c1)C(=O)c1ccc(Br)s1. The van der Waals surface area contributed by atoms with Crippen molar-refractivity contribution in [3.8, 4) is 5.69 Å². The number of carbonyl (C=O) groups is 2. The van der Waals surface area contributed by atoms with Gasteiger partial charge in [0.1, 0.15) is 5.82 Å². The van der Waals surface area contributed by atoms with Gasteiger partial charge in [0.05, 0.1) is 27.2 Å². The van der Waals surface area contributed by atoms with Crippen molar-refractivity contribution in [3.63, 3.8) is 0 Å². The zero-order chi connectivity index (χ0) is 18.7. The number of carbonyl (C=O) groups excluding carboxylic acids is 2. The average molecular weight is 437 g/mol. The van der Waals surface area contributed by atoms with Gasteiger partial charge in [-0.1, -0.05) is 0 Å². The molecule has 0 spiro atoms. The summed E-state index contributed by atoms with van der Waals surface area (Å²) in [7, 11) is 1.54. The van der Waals surface area contributed by atoms with Gasteiger partial charge in [0.15, 0.2) is 0 Å². The van der Waals surface area contributed by atoms with E-state index < -0.39 is 11.7 Å². The van der Waals surface area contributed by atoms with E-state index >= 15 is 0 Å². The van der Waals surface area contributed by atoms with Crippen LogP contribution in [0.1, 0.15) is 9.67 Å². The fourth-order valence-corrected chi connectivity index (χ4v) is 3.68. The first-order chi connectivity index (χ1) is 12.4. The molecule has 3 rings (SSSR count). The number of hydrogen-bond donors (Lipinski definition) is 1. The predicted octanol–water partition coefficient (Wildman–Crippen LogP) is 3.55. The molecule has 0 atom stereocenters. The standard InChI is InChI=1S/C17H14BrFN4O2S/c1-22(17(25)14-4-5-15(18)26-14)9-16(24)21-11-2-3-13(12(19)8-11)23-7-6-20-10-23/h2-8,10H,9H2,1H3,(H,21,24). The van der Waals surface area contributed by atoms with Gasteiger partial charge in [-0.2, -0.15) is 0 Å². The second-order valence-electron chi connectivity index (χ2n) is 5.45. The third kappa shape index (κ3) is 4.17. The lowest BCUT2D eigenvalue weighted by Crippen LogP contribution is -2.34. The number of anilines is 1. The van der Waals surface area contributed by atoms with Crippen LogP contribution in [0, 0.1) is 5.82 Å². The highest BCUT2D eigenvalue weighted by atomic mass is 79.9. The summed E-state index contributed by atoms with van der Waals surface area (Å²) in [5, 5.41) is 2.59. The normalized spacial score (nSPS) is 10.6. The number of nitrogens with zero attached hydrogens (tertiary/aromatic N) is 3. The number of benzene rings is 1. The molecule has 1 N–H and O–H groups in total. The number of nitrogens with one attached hydrogen (secondary N) is 1. The van der Waals surface area contributed by atoms with Crippen LogP contribution < -0.4 is 5.32 Å². The van der Waals surface area contributed by atoms with Gasteiger partial charge in [0.2, 0.25) is 5.91 Å². The van der Waals surface area contributed by atoms with Crippen molar-refractivity contribution in [2.75, 3.05) is 18.9 Å². The molecule has 0 fully saturated rings. The molecule has 3 aromatic rings. The zero-order valence-corrected chi connectivity index (χ0v) is 16.1. The molecule has 2 amide bonds. The fourth-order valence-electron chi connectivity index (χ4n) is 2.30. The second kappa shape index (κ2) is 7.79. The molecular weight excluding hydrogens is 423 g/mol. The maximum Gasteiger partial charge on any atom is 0.264 e. The van der Waals surface area contributed by atoms with E-state index in [0.29, 0.717) is 16.3 Å². The van der Waals surface area contributed by atoms with Crippen LogP contribution in [0.4, 0.5) is 10.1 Å². The summed E-state index contributed by atoms with van der Waals surface area (Å²) in [4.78, 5) is 30.1. The predicted molar refractivity (Wildman–Crippen MR) is 101 cm³/mol. The van der Waals surface area contributed by atoms with Crippen molar-refractivity contribution in [2.45, 2.75) is 0 Å². The lowest BCUT2D eigenvalue weighted by molar-refractivity contribution is -0.116. The molecule has 1 aromatic carbocycles. The van der Waals surface area contributed by atoms with Crippen LogP contribution in [0.3, 0.4) is 0 Å². The van der Waals surface area contributed by atoms with Crippen LogP contribution in [0.25, 0.3) is 5.69 Å². The smallest absolute Gasteiger partial charge is 0.264 e. The van der Waals surface area contributed by atoms with Gasteiger partial charge in [-0.25, -0.2) is 9.37 Å². The van der Waals surface area contributed by atoms with Crippen LogP contribution in [-0.2, 0) is 4.79 Å². The van der Waals surface area contributed by atoms with Crippen molar-refractivity contribution < 1.29 is 14.0 Å². The Kier molecular flexibility index (Phi) is 5.48. The molecule has 26 heavy (non-hydrogen) atoms. The van der Waals surface area contributed by atoms with Crippen LogP contribution >= 0.6 is 27.3 Å². The number of aromatic nitrogens is 2. The van der Waals surface area contributed by atoms with E-state index in [4.69, 9.17) is 0 Å². The Bertz CT molecular complexity index is 942. The third-order valence-corrected chi connectivity index (χ3v) is 5.14. The Labute approximate surface area is 161 Å². The molecule has 0 bridgehead atoms. The highest BCUT2D eigenvalue weighted by molar-refractivity contribution is 9.11. The minimum absolute atomic E-state index is 0.140. The first-order valence-electron chi connectivity index (χ1n) is 7.52. The molecule has 0 aliphatic rings. The molecule has 0 unspecified atom stereocenters. The highest BCUT2D eigenvalue weighted by Crippen LogP contribution is 2.23. The molecule has 0 saturated carbocycles. The summed E-state index contributed by atoms with van der Waals surface area (Å²) in [6, 6.07) is 7.83. The monoisotopic (exact) mass is 436 g/mol. The van der Waals surface area contributed by atoms with Gasteiger partial charge in [0.25, 0.3) is 5.91 Å². The van der Waals surface area contributed by atoms with E-state index in [1.807, 2.05) is 0 Å². The number of halogens is 2. The Morgan fingerprint density at radius 3 is 2.77 bits per heavy atom. The molecule has 134 valence electrons. The van der Waals surface area contributed by atoms with Gasteiger partial charge < -0.3 is 14.8 Å². The van der Waals surface area contributed by atoms with E-state index in [2.05, 4.69) is 26.2 Å². The molecule has 2 aromatic heterocycles. The number of amides is 2. The summed E-state index contributed by atoms with van der Waals surface area (Å²) in [6.45, 7) is -0.140. The summed E-state index contributed by atoms with van der Waals surface area (Å²) in [5.41, 5.74) is 0.646. The zero-order valence-electron chi connectivity index (χ0n) is 13.6. The largest absolute Gasteiger partial charge is 0.332 e. The van der Waals surface area contributed by atoms with Crippen molar-refractivity contribution in [2.24, 2.45) is 0 Å². The Hall–Kier alpha value is -2.52. The highest BCUT2D eigenvalue weighted by Gasteiger charge is 2.17. The fraction of sp³-hybridized carbons (Fsp3) is 0.118. The lowest BCUT2D eigenvalue weighted by atomic mass is 10.2. The number of hydrogen-bond acceptors (Lipinski definition) is 4. The maximum absolute atomic E-state index is 14.2. The van der Waals surface area contributed by atoms with E-state index in [9.17, 15) is 14.0 Å². The van der Waals surface area contributed by atoms with E-state index in [0.717, 1.165) is 3.79 Å². The summed E-state index contributed by atoms with van der Waals surface area (Å²) in [5.74, 6) is -1.16. The van der Waals surface area contributed by atoms with Gasteiger partial charge >= 0.3 is 0 Å². The average Bonchev–Trinajstić information content (AvgIpc) is 3.25. The lowest BCUT2D eigenvalue weighted by Gasteiger charge is -2.16. The molecule has 6 nitrogen and oxygen atoms in total. The second-order valence-corrected chi connectivity index (χ2v) is 7.91. The Morgan fingerprint density at radius 1 is 1.35 bits per heavy atom. The summed E-state index contributed by atoms with van der Waals surface area (Å²) in [6.07, 6.45) is 4.66. The van der Waals surface area contributed by atoms with E-state index in [1.165, 1.54) is 40.2 Å². The van der Waals surface area contributed by atoms with Crippen molar-refractivity contribution in [1.82, 2.24) is 14.5 Å². The topological polar surface area (TPSA) is 67.2 Å². The van der Waals surface area contributed by atoms with Crippen molar-refractivity contribution >= 4 is 44.8 Å². The van der Waals surface area contributed by atoms with Crippen molar-refractivity contribution in [1.29, 1.82) is 0 Å². The summed E-state index contributed by atoms with van der Waals surface area (Å²) >= 11 is 4.59. The van der Waals surface area contributed by atoms with E-state index in [1.54, 1.807) is 36.7 Å². The van der Waals surface area contributed by atoms with Gasteiger partial charge in [-0.15, -0.1) is 11.3 Å². The Balaban J connectivity index is 1.63. The molecule has 0 radical (unpaired) electrons. The van der Waals surface area contributed by atoms with Gasteiger partial charge in [-0.3, -0.25) is 9.59 Å². The number of imidazole rings is 1. The molecular formula is C17H14BrFN4O2S. The van der Waals surface area contributed by atoms with Crippen molar-refractivity contribution in [3.05, 3.63) is 63.5 Å². The minimum atomic E-state index is -0.492. The maximum atomic E-state index is 14.2. The molecule has 9 heteroatoms. The minimum Gasteiger partial charge on any atom is -0.332 e. The quantitative estimate of drug-likeness (QED) is 0.664. The van der Waals surface area contributed by atoms with Crippen LogP contribution in [-0.4, -0.2) is 39.9 Å². The van der Waals surface area contributed by atoms with Gasteiger partial charge in [-0.05, 0) is 46.3 Å². The van der Waals surface area contributed by atoms with Crippen LogP contribution in [0.15, 0.2) is 52.8 Å².